The molecule has 4 nitrogen and oxygen atoms in total. The number of nitrogens with zero attached hydrogens (tertiary/aromatic N) is 1. The minimum Gasteiger partial charge on any atom is -0.458 e. The maximum Gasteiger partial charge on any atom is 0.316 e. The van der Waals surface area contributed by atoms with Gasteiger partial charge in [0, 0.05) is 10.5 Å². The quantitative estimate of drug-likeness (QED) is 0.337. The van der Waals surface area contributed by atoms with E-state index in [0.29, 0.717) is 11.6 Å². The lowest BCUT2D eigenvalue weighted by Gasteiger charge is -2.04. The van der Waals surface area contributed by atoms with E-state index in [1.54, 1.807) is 0 Å². The molecule has 1 aromatic heterocycles. The third kappa shape index (κ3) is 4.38. The summed E-state index contributed by atoms with van der Waals surface area (Å²) in [5.74, 6) is 0.492. The predicted octanol–water partition coefficient (Wildman–Crippen LogP) is 5.33. The lowest BCUT2D eigenvalue weighted by molar-refractivity contribution is -0.141. The van der Waals surface area contributed by atoms with Gasteiger partial charge in [-0.3, -0.25) is 4.79 Å². The topological polar surface area (TPSA) is 52.3 Å². The van der Waals surface area contributed by atoms with Crippen molar-refractivity contribution in [2.24, 2.45) is 0 Å². The summed E-state index contributed by atoms with van der Waals surface area (Å²) in [6.07, 6.45) is 1.52. The van der Waals surface area contributed by atoms with Crippen LogP contribution < -0.4 is 0 Å². The van der Waals surface area contributed by atoms with Gasteiger partial charge in [0.25, 0.3) is 0 Å². The van der Waals surface area contributed by atoms with E-state index in [4.69, 9.17) is 9.15 Å². The van der Waals surface area contributed by atoms with Gasteiger partial charge < -0.3 is 9.15 Å². The molecule has 0 atom stereocenters. The third-order valence-corrected chi connectivity index (χ3v) is 5.00. The largest absolute Gasteiger partial charge is 0.458 e. The molecule has 4 rings (SSSR count). The Morgan fingerprint density at radius 3 is 2.59 bits per heavy atom. The van der Waals surface area contributed by atoms with Crippen molar-refractivity contribution in [3.05, 3.63) is 84.8 Å². The van der Waals surface area contributed by atoms with E-state index in [9.17, 15) is 4.79 Å². The number of esters is 1. The number of oxazole rings is 1. The van der Waals surface area contributed by atoms with E-state index in [0.717, 1.165) is 15.8 Å². The molecule has 134 valence electrons. The highest BCUT2D eigenvalue weighted by molar-refractivity contribution is 8.00. The fourth-order valence-corrected chi connectivity index (χ4v) is 3.42. The molecular weight excluding hydrogens is 358 g/mol. The van der Waals surface area contributed by atoms with Crippen LogP contribution in [0.5, 0.6) is 0 Å². The monoisotopic (exact) mass is 375 g/mol. The average Bonchev–Trinajstić information content (AvgIpc) is 3.20. The first-order chi connectivity index (χ1) is 13.3. The molecule has 0 spiro atoms. The van der Waals surface area contributed by atoms with Gasteiger partial charge >= 0.3 is 5.97 Å². The maximum atomic E-state index is 12.0. The number of hydrogen-bond acceptors (Lipinski definition) is 5. The summed E-state index contributed by atoms with van der Waals surface area (Å²) in [4.78, 5) is 17.4. The second-order valence-electron chi connectivity index (χ2n) is 5.97. The minimum atomic E-state index is -0.280. The molecule has 0 aliphatic heterocycles. The molecular formula is C22H17NO3S. The van der Waals surface area contributed by atoms with Crippen molar-refractivity contribution in [3.8, 4) is 11.5 Å². The number of carbonyl (C=O) groups is 1. The fourth-order valence-electron chi connectivity index (χ4n) is 2.68. The number of aromatic nitrogens is 1. The van der Waals surface area contributed by atoms with E-state index >= 15 is 0 Å². The molecule has 5 heteroatoms. The molecule has 0 fully saturated rings. The van der Waals surface area contributed by atoms with E-state index in [1.165, 1.54) is 23.4 Å². The molecule has 0 radical (unpaired) electrons. The summed E-state index contributed by atoms with van der Waals surface area (Å²) in [5.41, 5.74) is 1.49. The Morgan fingerprint density at radius 2 is 1.74 bits per heavy atom. The summed E-state index contributed by atoms with van der Waals surface area (Å²) in [7, 11) is 0. The van der Waals surface area contributed by atoms with Crippen molar-refractivity contribution in [2.75, 3.05) is 5.75 Å². The van der Waals surface area contributed by atoms with Crippen LogP contribution in [0.4, 0.5) is 0 Å². The van der Waals surface area contributed by atoms with Gasteiger partial charge in [0.05, 0.1) is 5.75 Å². The number of rotatable bonds is 6. The smallest absolute Gasteiger partial charge is 0.316 e. The van der Waals surface area contributed by atoms with Crippen molar-refractivity contribution < 1.29 is 13.9 Å². The second kappa shape index (κ2) is 8.10. The number of hydrogen-bond donors (Lipinski definition) is 0. The van der Waals surface area contributed by atoms with Gasteiger partial charge in [0.1, 0.15) is 18.6 Å². The molecule has 27 heavy (non-hydrogen) atoms. The number of thioether (sulfide) groups is 1. The van der Waals surface area contributed by atoms with Gasteiger partial charge in [-0.2, -0.15) is 0 Å². The molecule has 3 aromatic carbocycles. The van der Waals surface area contributed by atoms with Crippen LogP contribution in [0.1, 0.15) is 5.69 Å². The third-order valence-electron chi connectivity index (χ3n) is 4.03. The Labute approximate surface area is 161 Å². The van der Waals surface area contributed by atoms with Crippen LogP contribution in [0.2, 0.25) is 0 Å². The number of benzene rings is 3. The van der Waals surface area contributed by atoms with Crippen LogP contribution in [0.3, 0.4) is 0 Å². The summed E-state index contributed by atoms with van der Waals surface area (Å²) in [6, 6.07) is 23.9. The van der Waals surface area contributed by atoms with Crippen molar-refractivity contribution in [1.82, 2.24) is 4.98 Å². The summed E-state index contributed by atoms with van der Waals surface area (Å²) in [6.45, 7) is 0.105. The molecule has 0 saturated carbocycles. The summed E-state index contributed by atoms with van der Waals surface area (Å²) in [5, 5.41) is 2.34. The first-order valence-corrected chi connectivity index (χ1v) is 9.53. The van der Waals surface area contributed by atoms with Crippen LogP contribution in [-0.4, -0.2) is 16.7 Å². The zero-order valence-electron chi connectivity index (χ0n) is 14.5. The standard InChI is InChI=1S/C22H17NO3S/c24-21(15-27-20-11-10-16-6-4-5-9-18(16)12-20)25-13-19-14-26-22(23-19)17-7-2-1-3-8-17/h1-12,14H,13,15H2. The van der Waals surface area contributed by atoms with E-state index in [-0.39, 0.29) is 18.3 Å². The zero-order chi connectivity index (χ0) is 18.5. The molecule has 1 heterocycles. The average molecular weight is 375 g/mol. The normalized spacial score (nSPS) is 10.8. The lowest BCUT2D eigenvalue weighted by Crippen LogP contribution is -2.07. The van der Waals surface area contributed by atoms with Crippen molar-refractivity contribution in [2.45, 2.75) is 11.5 Å². The fraction of sp³-hybridized carbons (Fsp3) is 0.0909. The Bertz CT molecular complexity index is 1060. The first kappa shape index (κ1) is 17.4. The Morgan fingerprint density at radius 1 is 0.963 bits per heavy atom. The number of ether oxygens (including phenoxy) is 1. The summed E-state index contributed by atoms with van der Waals surface area (Å²) < 4.78 is 10.7. The lowest BCUT2D eigenvalue weighted by atomic mass is 10.1. The van der Waals surface area contributed by atoms with Gasteiger partial charge in [0.2, 0.25) is 5.89 Å². The van der Waals surface area contributed by atoms with Gasteiger partial charge in [-0.1, -0.05) is 48.5 Å². The first-order valence-electron chi connectivity index (χ1n) is 8.55. The van der Waals surface area contributed by atoms with Gasteiger partial charge in [-0.05, 0) is 35.0 Å². The van der Waals surface area contributed by atoms with Gasteiger partial charge in [0.15, 0.2) is 0 Å². The zero-order valence-corrected chi connectivity index (χ0v) is 15.3. The van der Waals surface area contributed by atoms with E-state index in [2.05, 4.69) is 29.2 Å². The molecule has 4 aromatic rings. The molecule has 0 aliphatic carbocycles. The van der Waals surface area contributed by atoms with Gasteiger partial charge in [-0.15, -0.1) is 11.8 Å². The number of fused-ring (bicyclic) bond motifs is 1. The molecule has 0 aliphatic rings. The second-order valence-corrected chi connectivity index (χ2v) is 7.02. The molecule has 0 unspecified atom stereocenters. The van der Waals surface area contributed by atoms with Crippen LogP contribution in [0, 0.1) is 0 Å². The molecule has 0 saturated heterocycles. The van der Waals surface area contributed by atoms with Crippen molar-refractivity contribution in [1.29, 1.82) is 0 Å². The highest BCUT2D eigenvalue weighted by Gasteiger charge is 2.10. The Balaban J connectivity index is 1.30. The van der Waals surface area contributed by atoms with Crippen LogP contribution in [0.15, 0.2) is 88.4 Å². The Kier molecular flexibility index (Phi) is 5.21. The van der Waals surface area contributed by atoms with E-state index in [1.807, 2.05) is 48.5 Å². The Hall–Kier alpha value is -3.05. The number of carbonyl (C=O) groups excluding carboxylic acids is 1. The van der Waals surface area contributed by atoms with Crippen molar-refractivity contribution >= 4 is 28.5 Å². The predicted molar refractivity (Wildman–Crippen MR) is 106 cm³/mol. The summed E-state index contributed by atoms with van der Waals surface area (Å²) >= 11 is 1.46. The SMILES string of the molecule is O=C(CSc1ccc2ccccc2c1)OCc1coc(-c2ccccc2)n1. The molecule has 0 N–H and O–H groups in total. The molecule has 0 bridgehead atoms. The highest BCUT2D eigenvalue weighted by atomic mass is 32.2. The van der Waals surface area contributed by atoms with Crippen LogP contribution in [0.25, 0.3) is 22.2 Å². The highest BCUT2D eigenvalue weighted by Crippen LogP contribution is 2.24. The van der Waals surface area contributed by atoms with Crippen LogP contribution >= 0.6 is 11.8 Å². The van der Waals surface area contributed by atoms with E-state index < -0.39 is 0 Å². The maximum absolute atomic E-state index is 12.0. The molecule has 0 amide bonds. The van der Waals surface area contributed by atoms with Crippen molar-refractivity contribution in [3.63, 3.8) is 0 Å². The minimum absolute atomic E-state index is 0.105. The van der Waals surface area contributed by atoms with Gasteiger partial charge in [-0.25, -0.2) is 4.98 Å². The van der Waals surface area contributed by atoms with Crippen LogP contribution in [-0.2, 0) is 16.1 Å².